The van der Waals surface area contributed by atoms with Crippen LogP contribution in [0, 0.1) is 0 Å². The Balaban J connectivity index is 0.000000245. The summed E-state index contributed by atoms with van der Waals surface area (Å²) in [6.07, 6.45) is 0. The molecule has 0 spiro atoms. The molecule has 0 aliphatic carbocycles. The van der Waals surface area contributed by atoms with Crippen molar-refractivity contribution in [2.24, 2.45) is 0 Å². The Morgan fingerprint density at radius 3 is 2.07 bits per heavy atom. The van der Waals surface area contributed by atoms with E-state index in [1.54, 1.807) is 6.07 Å². The number of hydrogen-bond donors (Lipinski definition) is 2. The summed E-state index contributed by atoms with van der Waals surface area (Å²) in [5, 5.41) is 11.4. The van der Waals surface area contributed by atoms with Gasteiger partial charge < -0.3 is 12.0 Å². The summed E-state index contributed by atoms with van der Waals surface area (Å²) in [4.78, 5) is 0. The molecule has 15 heavy (non-hydrogen) atoms. The smallest absolute Gasteiger partial charge is 0.503 e. The molecule has 0 bridgehead atoms. The molecule has 0 atom stereocenters. The third-order valence-electron chi connectivity index (χ3n) is 1.77. The van der Waals surface area contributed by atoms with E-state index in [-0.39, 0.29) is 0 Å². The van der Waals surface area contributed by atoms with Gasteiger partial charge in [-0.2, -0.15) is 0 Å². The van der Waals surface area contributed by atoms with Crippen molar-refractivity contribution in [1.29, 1.82) is 0 Å². The molecule has 2 rings (SSSR count). The quantitative estimate of drug-likeness (QED) is 0.496. The molecule has 0 saturated heterocycles. The van der Waals surface area contributed by atoms with Crippen LogP contribution >= 0.6 is 0 Å². The summed E-state index contributed by atoms with van der Waals surface area (Å²) in [6.45, 7) is 0. The maximum Gasteiger partial charge on any atom is 0.503 e. The molecule has 0 unspecified atom stereocenters. The number of rotatable bonds is 0. The molecule has 2 aromatic rings. The molecule has 0 aromatic heterocycles. The van der Waals surface area contributed by atoms with Crippen LogP contribution in [0.4, 0.5) is 0 Å². The maximum absolute atomic E-state index is 9.37. The minimum absolute atomic E-state index is 0.350. The normalized spacial score (nSPS) is 9.87. The lowest BCUT2D eigenvalue weighted by atomic mass is 10.1. The highest BCUT2D eigenvalue weighted by molar-refractivity contribution is 5.87. The average molecular weight is 320 g/mol. The zero-order chi connectivity index (χ0) is 11.3. The number of fused-ring (bicyclic) bond motifs is 1. The van der Waals surface area contributed by atoms with Crippen LogP contribution in [0.1, 0.15) is 0 Å². The Morgan fingerprint density at radius 2 is 1.47 bits per heavy atom. The van der Waals surface area contributed by atoms with Gasteiger partial charge >= 0.3 is 21.1 Å². The number of phenols is 1. The Labute approximate surface area is 95.5 Å². The van der Waals surface area contributed by atoms with Gasteiger partial charge in [0.25, 0.3) is 0 Å². The monoisotopic (exact) mass is 320 g/mol. The third kappa shape index (κ3) is 4.00. The maximum atomic E-state index is 9.37. The van der Waals surface area contributed by atoms with Crippen LogP contribution in [-0.2, 0) is 0 Å². The van der Waals surface area contributed by atoms with Crippen molar-refractivity contribution in [2.45, 2.75) is 0 Å². The fourth-order valence-corrected chi connectivity index (χ4v) is 1.21. The highest BCUT2D eigenvalue weighted by Crippen LogP contribution is 2.22. The second-order valence-electron chi connectivity index (χ2n) is 2.70. The highest BCUT2D eigenvalue weighted by atomic mass is 127. The molecular weight excluding hydrogens is 311 g/mol. The number of hydrogen-bond acceptors (Lipinski definition) is 4. The molecule has 0 aliphatic rings. The number of aromatic hydroxyl groups is 1. The Hall–Kier alpha value is -0.890. The van der Waals surface area contributed by atoms with Crippen molar-refractivity contribution < 1.29 is 36.5 Å². The zero-order valence-corrected chi connectivity index (χ0v) is 9.79. The molecule has 5 heteroatoms. The van der Waals surface area contributed by atoms with Crippen molar-refractivity contribution in [3.8, 4) is 5.75 Å². The first-order chi connectivity index (χ1) is 7.11. The molecule has 2 aromatic carbocycles. The van der Waals surface area contributed by atoms with Crippen LogP contribution in [0.5, 0.6) is 5.75 Å². The van der Waals surface area contributed by atoms with Gasteiger partial charge in [-0.25, -0.2) is 0 Å². The van der Waals surface area contributed by atoms with Crippen molar-refractivity contribution in [2.75, 3.05) is 0 Å². The average Bonchev–Trinajstić information content (AvgIpc) is 2.18. The van der Waals surface area contributed by atoms with Crippen molar-refractivity contribution in [3.05, 3.63) is 42.5 Å². The van der Waals surface area contributed by atoms with Gasteiger partial charge in [0.15, 0.2) is 0 Å². The lowest BCUT2D eigenvalue weighted by molar-refractivity contribution is -1.63. The van der Waals surface area contributed by atoms with Gasteiger partial charge in [-0.1, -0.05) is 36.4 Å². The predicted molar refractivity (Wildman–Crippen MR) is 47.8 cm³/mol. The van der Waals surface area contributed by atoms with E-state index in [0.717, 1.165) is 10.8 Å². The standard InChI is InChI=1S/C10H8O.HIO3/c11-10-7-3-5-8-4-1-2-6-9(8)10;2-1(3)4/h1-7,11H;2H. The van der Waals surface area contributed by atoms with Crippen molar-refractivity contribution >= 4 is 10.8 Å². The van der Waals surface area contributed by atoms with Gasteiger partial charge in [0.05, 0.1) is 0 Å². The van der Waals surface area contributed by atoms with Crippen LogP contribution in [0.2, 0.25) is 0 Å². The molecule has 4 nitrogen and oxygen atoms in total. The van der Waals surface area contributed by atoms with Crippen molar-refractivity contribution in [1.82, 2.24) is 0 Å². The third-order valence-corrected chi connectivity index (χ3v) is 1.77. The van der Waals surface area contributed by atoms with Crippen molar-refractivity contribution in [3.63, 3.8) is 0 Å². The Kier molecular flexibility index (Phi) is 4.76. The minimum Gasteiger partial charge on any atom is -0.507 e. The lowest BCUT2D eigenvalue weighted by Crippen LogP contribution is -3.98. The van der Waals surface area contributed by atoms with E-state index in [1.165, 1.54) is 0 Å². The van der Waals surface area contributed by atoms with Crippen LogP contribution in [0.25, 0.3) is 10.8 Å². The molecular formula is C10H9IO4. The topological polar surface area (TPSA) is 86.6 Å². The SMILES string of the molecule is Oc1cccc2ccccc12.[O-][I+2]([O-])O. The fourth-order valence-electron chi connectivity index (χ4n) is 1.21. The zero-order valence-electron chi connectivity index (χ0n) is 7.63. The first-order valence-electron chi connectivity index (χ1n) is 4.02. The second kappa shape index (κ2) is 5.86. The molecule has 0 saturated carbocycles. The van der Waals surface area contributed by atoms with E-state index in [2.05, 4.69) is 0 Å². The van der Waals surface area contributed by atoms with Gasteiger partial charge in [-0.05, 0) is 14.9 Å². The van der Waals surface area contributed by atoms with E-state index in [9.17, 15) is 5.11 Å². The summed E-state index contributed by atoms with van der Waals surface area (Å²) in [6, 6.07) is 13.3. The molecule has 0 fully saturated rings. The summed E-state index contributed by atoms with van der Waals surface area (Å²) in [5.41, 5.74) is 0. The molecule has 0 amide bonds. The van der Waals surface area contributed by atoms with Gasteiger partial charge in [0.2, 0.25) is 0 Å². The van der Waals surface area contributed by atoms with Gasteiger partial charge in [-0.3, -0.25) is 0 Å². The lowest BCUT2D eigenvalue weighted by Gasteiger charge is -1.97. The first-order valence-corrected chi connectivity index (χ1v) is 6.75. The van der Waals surface area contributed by atoms with E-state index in [0.29, 0.717) is 5.75 Å². The number of benzene rings is 2. The van der Waals surface area contributed by atoms with Gasteiger partial charge in [0, 0.05) is 5.39 Å². The Bertz CT molecular complexity index is 422. The predicted octanol–water partition coefficient (Wildman–Crippen LogP) is -3.39. The van der Waals surface area contributed by atoms with Crippen LogP contribution in [0.3, 0.4) is 0 Å². The second-order valence-corrected chi connectivity index (χ2v) is 3.85. The fraction of sp³-hybridized carbons (Fsp3) is 0. The first kappa shape index (κ1) is 12.2. The largest absolute Gasteiger partial charge is 0.507 e. The Morgan fingerprint density at radius 1 is 0.933 bits per heavy atom. The molecule has 80 valence electrons. The van der Waals surface area contributed by atoms with E-state index < -0.39 is 21.1 Å². The van der Waals surface area contributed by atoms with Gasteiger partial charge in [-0.15, -0.1) is 0 Å². The van der Waals surface area contributed by atoms with Crippen LogP contribution in [-0.4, -0.2) is 8.54 Å². The summed E-state index contributed by atoms with van der Waals surface area (Å²) < 4.78 is 24.5. The minimum atomic E-state index is -3.76. The van der Waals surface area contributed by atoms with Gasteiger partial charge in [0.1, 0.15) is 5.75 Å². The molecule has 0 radical (unpaired) electrons. The van der Waals surface area contributed by atoms with Crippen LogP contribution < -0.4 is 27.9 Å². The van der Waals surface area contributed by atoms with Crippen LogP contribution in [0.15, 0.2) is 42.5 Å². The summed E-state index contributed by atoms with van der Waals surface area (Å²) in [7, 11) is 0. The molecule has 0 heterocycles. The summed E-state index contributed by atoms with van der Waals surface area (Å²) in [5.74, 6) is 0.350. The van der Waals surface area contributed by atoms with E-state index >= 15 is 0 Å². The number of halogens is 1. The molecule has 0 aliphatic heterocycles. The summed E-state index contributed by atoms with van der Waals surface area (Å²) >= 11 is -3.76. The molecule has 2 N–H and O–H groups in total. The van der Waals surface area contributed by atoms with E-state index in [4.69, 9.17) is 10.3 Å². The number of phenolic OH excluding ortho intramolecular Hbond substituents is 1. The highest BCUT2D eigenvalue weighted by Gasteiger charge is 1.94. The van der Waals surface area contributed by atoms with E-state index in [1.807, 2.05) is 36.4 Å².